The number of hydrogen-bond donors (Lipinski definition) is 2. The minimum absolute atomic E-state index is 0.0709. The fraction of sp³-hybridized carbons (Fsp3) is 0.462. The van der Waals surface area contributed by atoms with Crippen LogP contribution in [0.1, 0.15) is 60.0 Å². The fourth-order valence-corrected chi connectivity index (χ4v) is 4.94. The molecule has 2 aliphatic rings. The molecule has 8 nitrogen and oxygen atoms in total. The number of aromatic nitrogens is 2. The molecule has 3 heterocycles. The molecule has 0 radical (unpaired) electrons. The van der Waals surface area contributed by atoms with Gasteiger partial charge in [0.2, 0.25) is 5.91 Å². The van der Waals surface area contributed by atoms with Gasteiger partial charge in [0, 0.05) is 45.2 Å². The van der Waals surface area contributed by atoms with Crippen LogP contribution in [0.3, 0.4) is 0 Å². The monoisotopic (exact) mass is 733 g/mol. The first-order chi connectivity index (χ1) is 17.6. The Morgan fingerprint density at radius 3 is 2.62 bits per heavy atom. The van der Waals surface area contributed by atoms with E-state index < -0.39 is 7.79 Å². The highest BCUT2D eigenvalue weighted by molar-refractivity contribution is 14.2. The van der Waals surface area contributed by atoms with Gasteiger partial charge >= 0.3 is 0 Å². The normalized spacial score (nSPS) is 16.5. The molecule has 11 heteroatoms. The van der Waals surface area contributed by atoms with Crippen molar-refractivity contribution in [3.63, 3.8) is 0 Å². The summed E-state index contributed by atoms with van der Waals surface area (Å²) in [5.41, 5.74) is 3.61. The van der Waals surface area contributed by atoms with E-state index in [1.807, 2.05) is 0 Å². The van der Waals surface area contributed by atoms with Crippen LogP contribution in [0, 0.1) is 0 Å². The maximum atomic E-state index is 14.6. The Morgan fingerprint density at radius 2 is 1.92 bits per heavy atom. The molecule has 0 saturated carbocycles. The number of Topliss-reactive ketones (excluding diaryl/α,β-unsaturated/α-hetero) is 1. The summed E-state index contributed by atoms with van der Waals surface area (Å²) in [6, 6.07) is 9.95. The molecule has 1 amide bonds. The van der Waals surface area contributed by atoms with E-state index in [1.165, 1.54) is 29.0 Å². The zero-order valence-electron chi connectivity index (χ0n) is 20.6. The zero-order chi connectivity index (χ0) is 26.6. The molecule has 0 fully saturated rings. The molecule has 0 aliphatic carbocycles. The number of nitrogens with zero attached hydrogens (tertiary/aromatic N) is 4. The minimum atomic E-state index is -1.87. The summed E-state index contributed by atoms with van der Waals surface area (Å²) >= 11 is 3.18. The molecule has 2 aromatic rings. The lowest BCUT2D eigenvalue weighted by atomic mass is 9.99. The minimum Gasteiger partial charge on any atom is -0.392 e. The van der Waals surface area contributed by atoms with Crippen LogP contribution in [0.2, 0.25) is 0 Å². The van der Waals surface area contributed by atoms with Crippen molar-refractivity contribution in [2.75, 3.05) is 25.0 Å². The predicted molar refractivity (Wildman–Crippen MR) is 156 cm³/mol. The number of carbonyl (C=O) groups is 2. The Balaban J connectivity index is 1.27. The molecular formula is C26H30FI2N5O3. The second-order valence-corrected chi connectivity index (χ2v) is 14.5. The van der Waals surface area contributed by atoms with Crippen LogP contribution >= 0.6 is 45.2 Å². The maximum absolute atomic E-state index is 14.6. The number of ketones is 1. The lowest BCUT2D eigenvalue weighted by molar-refractivity contribution is -0.126. The van der Waals surface area contributed by atoms with Gasteiger partial charge in [-0.05, 0) is 75.6 Å². The largest absolute Gasteiger partial charge is 0.392 e. The number of aliphatic hydroxyl groups excluding tert-OH is 1. The average molecular weight is 733 g/mol. The van der Waals surface area contributed by atoms with Gasteiger partial charge < -0.3 is 15.3 Å². The smallest absolute Gasteiger partial charge is 0.268 e. The van der Waals surface area contributed by atoms with Crippen LogP contribution in [0.5, 0.6) is 0 Å². The zero-order valence-corrected chi connectivity index (χ0v) is 24.9. The SMILES string of the molecule is CC(=O)N1C=C(Nc2cc(C(=O)CCCC[C@H](O)CN3CCc4ccccc4C3)nc(C(F)(I)I)n2)C1. The Hall–Kier alpha value is -1.71. The van der Waals surface area contributed by atoms with E-state index in [0.29, 0.717) is 38.2 Å². The number of hydrogen-bond acceptors (Lipinski definition) is 7. The molecule has 1 aromatic heterocycles. The summed E-state index contributed by atoms with van der Waals surface area (Å²) in [7, 11) is 0. The third kappa shape index (κ3) is 7.90. The molecule has 198 valence electrons. The molecule has 2 N–H and O–H groups in total. The van der Waals surface area contributed by atoms with Crippen LogP contribution in [0.15, 0.2) is 42.2 Å². The number of rotatable bonds is 11. The van der Waals surface area contributed by atoms with Crippen LogP contribution in [-0.4, -0.2) is 62.3 Å². The molecule has 1 aromatic carbocycles. The second-order valence-electron chi connectivity index (χ2n) is 9.46. The van der Waals surface area contributed by atoms with Crippen molar-refractivity contribution >= 4 is 62.7 Å². The maximum Gasteiger partial charge on any atom is 0.268 e. The lowest BCUT2D eigenvalue weighted by Gasteiger charge is -2.30. The van der Waals surface area contributed by atoms with Crippen LogP contribution < -0.4 is 5.32 Å². The highest BCUT2D eigenvalue weighted by Gasteiger charge is 2.30. The molecular weight excluding hydrogens is 703 g/mol. The summed E-state index contributed by atoms with van der Waals surface area (Å²) in [5, 5.41) is 13.6. The number of fused-ring (bicyclic) bond motifs is 1. The van der Waals surface area contributed by atoms with Crippen molar-refractivity contribution in [1.29, 1.82) is 0 Å². The first-order valence-corrected chi connectivity index (χ1v) is 14.5. The highest BCUT2D eigenvalue weighted by Crippen LogP contribution is 2.39. The van der Waals surface area contributed by atoms with Gasteiger partial charge in [-0.2, -0.15) is 0 Å². The summed E-state index contributed by atoms with van der Waals surface area (Å²) in [6.07, 6.45) is 4.38. The van der Waals surface area contributed by atoms with E-state index in [1.54, 1.807) is 51.4 Å². The van der Waals surface area contributed by atoms with Crippen LogP contribution in [-0.2, 0) is 19.4 Å². The van der Waals surface area contributed by atoms with E-state index in [0.717, 1.165) is 25.2 Å². The fourth-order valence-electron chi connectivity index (χ4n) is 4.46. The van der Waals surface area contributed by atoms with Gasteiger partial charge in [-0.25, -0.2) is 14.4 Å². The van der Waals surface area contributed by atoms with E-state index >= 15 is 0 Å². The Bertz CT molecular complexity index is 1190. The third-order valence-electron chi connectivity index (χ3n) is 6.48. The van der Waals surface area contributed by atoms with Gasteiger partial charge in [0.1, 0.15) is 11.5 Å². The van der Waals surface area contributed by atoms with Crippen molar-refractivity contribution in [3.05, 3.63) is 64.9 Å². The highest BCUT2D eigenvalue weighted by atomic mass is 127. The van der Waals surface area contributed by atoms with Crippen molar-refractivity contribution < 1.29 is 19.1 Å². The number of unbranched alkanes of at least 4 members (excludes halogenated alkanes) is 1. The standard InChI is InChI=1S/C26H30FI2N5O3/c1-17(35)34-14-20(15-34)30-24-12-22(31-25(32-24)26(27,28)29)23(37)9-5-4-8-21(36)16-33-11-10-18-6-2-3-7-19(18)13-33/h2-3,6-7,12,14,21,36H,4-5,8-11,13,15-16H2,1H3,(H,30,31,32)/t21-/m0/s1. The molecule has 0 bridgehead atoms. The molecule has 0 saturated heterocycles. The second kappa shape index (κ2) is 12.4. The van der Waals surface area contributed by atoms with Gasteiger partial charge in [0.05, 0.1) is 18.3 Å². The number of β-amino-alcohol motifs (C(OH)–C–C–N with tert-alkyl or cyclic N) is 1. The molecule has 0 spiro atoms. The van der Waals surface area contributed by atoms with E-state index in [-0.39, 0.29) is 29.6 Å². The number of alkyl halides is 3. The Kier molecular flexibility index (Phi) is 9.51. The third-order valence-corrected chi connectivity index (χ3v) is 7.45. The van der Waals surface area contributed by atoms with Gasteiger partial charge in [-0.15, -0.1) is 0 Å². The number of benzene rings is 1. The number of amides is 1. The summed E-state index contributed by atoms with van der Waals surface area (Å²) < 4.78 is 12.8. The number of anilines is 1. The first kappa shape index (κ1) is 28.3. The van der Waals surface area contributed by atoms with Crippen molar-refractivity contribution in [2.45, 2.75) is 53.4 Å². The van der Waals surface area contributed by atoms with E-state index in [4.69, 9.17) is 0 Å². The van der Waals surface area contributed by atoms with Gasteiger partial charge in [0.15, 0.2) is 11.6 Å². The number of nitrogens with one attached hydrogen (secondary N) is 1. The van der Waals surface area contributed by atoms with Gasteiger partial charge in [-0.3, -0.25) is 14.5 Å². The van der Waals surface area contributed by atoms with Gasteiger partial charge in [0.25, 0.3) is 1.68 Å². The van der Waals surface area contributed by atoms with Crippen molar-refractivity contribution in [2.24, 2.45) is 0 Å². The lowest BCUT2D eigenvalue weighted by Crippen LogP contribution is -2.36. The number of carbonyl (C=O) groups excluding carboxylic acids is 2. The van der Waals surface area contributed by atoms with Crippen molar-refractivity contribution in [3.8, 4) is 0 Å². The van der Waals surface area contributed by atoms with E-state index in [9.17, 15) is 19.1 Å². The predicted octanol–water partition coefficient (Wildman–Crippen LogP) is 4.70. The van der Waals surface area contributed by atoms with E-state index in [2.05, 4.69) is 44.5 Å². The first-order valence-electron chi connectivity index (χ1n) is 12.3. The number of aliphatic hydroxyl groups is 1. The molecule has 2 aliphatic heterocycles. The van der Waals surface area contributed by atoms with Crippen LogP contribution in [0.4, 0.5) is 10.2 Å². The average Bonchev–Trinajstić information content (AvgIpc) is 2.82. The Morgan fingerprint density at radius 1 is 1.19 bits per heavy atom. The topological polar surface area (TPSA) is 98.7 Å². The molecule has 4 rings (SSSR count). The molecule has 1 atom stereocenters. The Labute approximate surface area is 243 Å². The molecule has 37 heavy (non-hydrogen) atoms. The van der Waals surface area contributed by atoms with Crippen LogP contribution in [0.25, 0.3) is 0 Å². The summed E-state index contributed by atoms with van der Waals surface area (Å²) in [6.45, 7) is 4.28. The van der Waals surface area contributed by atoms with Crippen molar-refractivity contribution in [1.82, 2.24) is 19.8 Å². The summed E-state index contributed by atoms with van der Waals surface area (Å²) in [4.78, 5) is 36.5. The number of halogens is 3. The summed E-state index contributed by atoms with van der Waals surface area (Å²) in [5.74, 6) is -0.0436. The van der Waals surface area contributed by atoms with Gasteiger partial charge in [-0.1, -0.05) is 30.7 Å². The quantitative estimate of drug-likeness (QED) is 0.150. The molecule has 0 unspecified atom stereocenters.